The molecule has 0 unspecified atom stereocenters. The summed E-state index contributed by atoms with van der Waals surface area (Å²) < 4.78 is 0. The number of hydrogen-bond acceptors (Lipinski definition) is 8. The third-order valence-electron chi connectivity index (χ3n) is 6.40. The summed E-state index contributed by atoms with van der Waals surface area (Å²) in [5, 5.41) is 21.9. The molecule has 3 N–H and O–H groups in total. The van der Waals surface area contributed by atoms with Gasteiger partial charge in [0.05, 0.1) is 26.4 Å². The van der Waals surface area contributed by atoms with E-state index in [4.69, 9.17) is 23.2 Å². The van der Waals surface area contributed by atoms with Crippen LogP contribution < -0.4 is 16.0 Å². The van der Waals surface area contributed by atoms with Gasteiger partial charge in [0.25, 0.3) is 17.5 Å². The van der Waals surface area contributed by atoms with Crippen molar-refractivity contribution in [3.8, 4) is 11.3 Å². The topological polar surface area (TPSA) is 143 Å². The Morgan fingerprint density at radius 2 is 1.66 bits per heavy atom. The fraction of sp³-hybridized carbons (Fsp3) is 0.0303. The highest BCUT2D eigenvalue weighted by Gasteiger charge is 2.17. The van der Waals surface area contributed by atoms with Crippen LogP contribution in [-0.2, 0) is 9.59 Å². The molecule has 0 aliphatic rings. The van der Waals surface area contributed by atoms with Crippen molar-refractivity contribution in [2.24, 2.45) is 0 Å². The maximum Gasteiger partial charge on any atom is 0.272 e. The van der Waals surface area contributed by atoms with Gasteiger partial charge in [0.2, 0.25) is 5.91 Å². The number of nitro benzene ring substituents is 1. The number of carbonyl (C=O) groups excluding carboxylic acids is 3. The lowest BCUT2D eigenvalue weighted by Crippen LogP contribution is -2.30. The summed E-state index contributed by atoms with van der Waals surface area (Å²) >= 11 is 15.0. The van der Waals surface area contributed by atoms with E-state index in [0.29, 0.717) is 38.2 Å². The molecule has 47 heavy (non-hydrogen) atoms. The zero-order chi connectivity index (χ0) is 33.3. The first kappa shape index (κ1) is 33.4. The summed E-state index contributed by atoms with van der Waals surface area (Å²) in [6, 6.07) is 26.4. The fourth-order valence-corrected chi connectivity index (χ4v) is 5.91. The van der Waals surface area contributed by atoms with Gasteiger partial charge >= 0.3 is 0 Å². The van der Waals surface area contributed by atoms with Gasteiger partial charge in [-0.2, -0.15) is 0 Å². The van der Waals surface area contributed by atoms with E-state index in [1.807, 2.05) is 0 Å². The Hall–Kier alpha value is -5.01. The van der Waals surface area contributed by atoms with E-state index >= 15 is 0 Å². The molecule has 0 atom stereocenters. The van der Waals surface area contributed by atoms with E-state index in [1.165, 1.54) is 41.3 Å². The van der Waals surface area contributed by atoms with Crippen molar-refractivity contribution in [2.45, 2.75) is 4.90 Å². The zero-order valence-corrected chi connectivity index (χ0v) is 27.3. The van der Waals surface area contributed by atoms with Crippen LogP contribution in [0.25, 0.3) is 17.3 Å². The highest BCUT2D eigenvalue weighted by atomic mass is 35.5. The van der Waals surface area contributed by atoms with Crippen molar-refractivity contribution in [3.63, 3.8) is 0 Å². The lowest BCUT2D eigenvalue weighted by atomic mass is 10.1. The van der Waals surface area contributed by atoms with E-state index in [1.54, 1.807) is 90.3 Å². The zero-order valence-electron chi connectivity index (χ0n) is 24.1. The summed E-state index contributed by atoms with van der Waals surface area (Å²) in [6.45, 7) is 0. The number of halogens is 2. The monoisotopic (exact) mass is 703 g/mol. The van der Waals surface area contributed by atoms with Gasteiger partial charge < -0.3 is 16.0 Å². The lowest BCUT2D eigenvalue weighted by Gasteiger charge is -2.12. The van der Waals surface area contributed by atoms with Gasteiger partial charge in [-0.25, -0.2) is 4.98 Å². The Morgan fingerprint density at radius 3 is 2.40 bits per heavy atom. The second kappa shape index (κ2) is 15.5. The number of non-ortho nitro benzene ring substituents is 1. The molecule has 0 bridgehead atoms. The molecular weight excluding hydrogens is 681 g/mol. The SMILES string of the molecule is O=C(CSc1ccc(NC(=O)/C(=C/c2cccc(Cl)c2Cl)NC(=O)c2ccccc2)cc1)Nc1nc(-c2cccc([N+](=O)[O-])c2)cs1. The van der Waals surface area contributed by atoms with E-state index in [-0.39, 0.29) is 28.1 Å². The Kier molecular flexibility index (Phi) is 11.0. The average Bonchev–Trinajstić information content (AvgIpc) is 3.55. The van der Waals surface area contributed by atoms with Gasteiger partial charge in [-0.15, -0.1) is 23.1 Å². The van der Waals surface area contributed by atoms with Gasteiger partial charge in [-0.1, -0.05) is 65.7 Å². The molecule has 3 amide bonds. The summed E-state index contributed by atoms with van der Waals surface area (Å²) in [5.74, 6) is -1.25. The number of carbonyl (C=O) groups is 3. The molecule has 5 aromatic rings. The summed E-state index contributed by atoms with van der Waals surface area (Å²) in [7, 11) is 0. The molecule has 5 rings (SSSR count). The Labute approximate surface area is 287 Å². The number of anilines is 2. The van der Waals surface area contributed by atoms with Gasteiger partial charge in [-0.3, -0.25) is 24.5 Å². The van der Waals surface area contributed by atoms with Crippen LogP contribution in [0.2, 0.25) is 10.0 Å². The number of aromatic nitrogens is 1. The van der Waals surface area contributed by atoms with Crippen LogP contribution in [0.4, 0.5) is 16.5 Å². The van der Waals surface area contributed by atoms with Crippen LogP contribution in [-0.4, -0.2) is 33.4 Å². The molecule has 0 saturated heterocycles. The normalized spacial score (nSPS) is 11.1. The quantitative estimate of drug-likeness (QED) is 0.0545. The third-order valence-corrected chi connectivity index (χ3v) is 9.00. The number of amides is 3. The first-order valence-electron chi connectivity index (χ1n) is 13.7. The molecule has 0 fully saturated rings. The molecule has 0 aliphatic heterocycles. The van der Waals surface area contributed by atoms with E-state index in [0.717, 1.165) is 4.90 Å². The van der Waals surface area contributed by atoms with Crippen LogP contribution >= 0.6 is 46.3 Å². The molecule has 4 aromatic carbocycles. The summed E-state index contributed by atoms with van der Waals surface area (Å²) in [6.07, 6.45) is 1.45. The third kappa shape index (κ3) is 9.05. The molecule has 10 nitrogen and oxygen atoms in total. The van der Waals surface area contributed by atoms with Crippen molar-refractivity contribution in [1.82, 2.24) is 10.3 Å². The number of nitrogens with zero attached hydrogens (tertiary/aromatic N) is 2. The number of thioether (sulfide) groups is 1. The highest BCUT2D eigenvalue weighted by molar-refractivity contribution is 8.00. The molecule has 0 aliphatic carbocycles. The van der Waals surface area contributed by atoms with Crippen LogP contribution in [0.15, 0.2) is 113 Å². The highest BCUT2D eigenvalue weighted by Crippen LogP contribution is 2.29. The summed E-state index contributed by atoms with van der Waals surface area (Å²) in [5.41, 5.74) is 2.27. The Bertz CT molecular complexity index is 1990. The molecule has 1 aromatic heterocycles. The minimum Gasteiger partial charge on any atom is -0.321 e. The second-order valence-electron chi connectivity index (χ2n) is 9.68. The predicted molar refractivity (Wildman–Crippen MR) is 187 cm³/mol. The molecule has 14 heteroatoms. The number of hydrogen-bond donors (Lipinski definition) is 3. The van der Waals surface area contributed by atoms with Crippen LogP contribution in [0.5, 0.6) is 0 Å². The van der Waals surface area contributed by atoms with Gasteiger partial charge in [0.1, 0.15) is 5.70 Å². The van der Waals surface area contributed by atoms with Crippen molar-refractivity contribution >= 4 is 86.6 Å². The van der Waals surface area contributed by atoms with Crippen molar-refractivity contribution in [3.05, 3.63) is 139 Å². The van der Waals surface area contributed by atoms with E-state index < -0.39 is 16.7 Å². The van der Waals surface area contributed by atoms with Crippen molar-refractivity contribution < 1.29 is 19.3 Å². The minimum absolute atomic E-state index is 0.0442. The summed E-state index contributed by atoms with van der Waals surface area (Å²) in [4.78, 5) is 54.5. The molecular formula is C33H23Cl2N5O5S2. The van der Waals surface area contributed by atoms with E-state index in [9.17, 15) is 24.5 Å². The van der Waals surface area contributed by atoms with Gasteiger partial charge in [0.15, 0.2) is 5.13 Å². The van der Waals surface area contributed by atoms with Gasteiger partial charge in [0, 0.05) is 39.2 Å². The van der Waals surface area contributed by atoms with Crippen LogP contribution in [0.3, 0.4) is 0 Å². The maximum atomic E-state index is 13.3. The molecule has 236 valence electrons. The number of nitro groups is 1. The smallest absolute Gasteiger partial charge is 0.272 e. The minimum atomic E-state index is -0.585. The standard InChI is InChI=1S/C33H23Cl2N5O5S2/c34-26-11-5-9-22(30(26)35)17-27(37-31(42)20-6-2-1-3-7-20)32(43)36-23-12-14-25(15-13-23)46-19-29(41)39-33-38-28(18-47-33)21-8-4-10-24(16-21)40(44)45/h1-18H,19H2,(H,36,43)(H,37,42)(H,38,39,41)/b27-17-. The molecule has 0 saturated carbocycles. The Balaban J connectivity index is 1.20. The van der Waals surface area contributed by atoms with Crippen LogP contribution in [0.1, 0.15) is 15.9 Å². The Morgan fingerprint density at radius 1 is 0.915 bits per heavy atom. The van der Waals surface area contributed by atoms with Crippen molar-refractivity contribution in [2.75, 3.05) is 16.4 Å². The first-order chi connectivity index (χ1) is 22.7. The van der Waals surface area contributed by atoms with Crippen molar-refractivity contribution in [1.29, 1.82) is 0 Å². The average molecular weight is 705 g/mol. The maximum absolute atomic E-state index is 13.3. The number of thiazole rings is 1. The molecule has 1 heterocycles. The largest absolute Gasteiger partial charge is 0.321 e. The predicted octanol–water partition coefficient (Wildman–Crippen LogP) is 8.17. The van der Waals surface area contributed by atoms with Crippen LogP contribution in [0, 0.1) is 10.1 Å². The first-order valence-corrected chi connectivity index (χ1v) is 16.3. The number of nitrogens with one attached hydrogen (secondary N) is 3. The van der Waals surface area contributed by atoms with E-state index in [2.05, 4.69) is 20.9 Å². The van der Waals surface area contributed by atoms with Gasteiger partial charge in [-0.05, 0) is 54.1 Å². The second-order valence-corrected chi connectivity index (χ2v) is 12.4. The number of benzene rings is 4. The fourth-order valence-electron chi connectivity index (χ4n) is 4.11. The molecule has 0 radical (unpaired) electrons. The lowest BCUT2D eigenvalue weighted by molar-refractivity contribution is -0.384. The molecule has 0 spiro atoms. The number of rotatable bonds is 11.